The Bertz CT molecular complexity index is 1070. The molecule has 0 bridgehead atoms. The molecule has 9 heteroatoms. The van der Waals surface area contributed by atoms with E-state index in [2.05, 4.69) is 10.6 Å². The van der Waals surface area contributed by atoms with E-state index in [1.54, 1.807) is 43.5 Å². The fraction of sp³-hybridized carbons (Fsp3) is 0.0909. The third-order valence-electron chi connectivity index (χ3n) is 4.20. The number of carbonyl (C=O) groups excluding carboxylic acids is 2. The molecule has 3 aromatic carbocycles. The molecule has 0 atom stereocenters. The monoisotopic (exact) mass is 437 g/mol. The van der Waals surface area contributed by atoms with Crippen LogP contribution in [0, 0.1) is 10.1 Å². The zero-order valence-electron chi connectivity index (χ0n) is 16.5. The van der Waals surface area contributed by atoms with Gasteiger partial charge in [-0.2, -0.15) is 0 Å². The van der Waals surface area contributed by atoms with Crippen molar-refractivity contribution >= 4 is 40.6 Å². The Labute approximate surface area is 182 Å². The van der Waals surface area contributed by atoms with Crippen molar-refractivity contribution in [3.8, 4) is 5.75 Å². The number of rotatable bonds is 8. The molecule has 0 aliphatic carbocycles. The topological polar surface area (TPSA) is 111 Å². The summed E-state index contributed by atoms with van der Waals surface area (Å²) in [7, 11) is 1.56. The van der Waals surface area contributed by atoms with Crippen molar-refractivity contribution in [1.29, 1.82) is 0 Å². The highest BCUT2D eigenvalue weighted by atomic mass is 32.2. The van der Waals surface area contributed by atoms with E-state index in [1.807, 2.05) is 12.1 Å². The van der Waals surface area contributed by atoms with Crippen molar-refractivity contribution in [1.82, 2.24) is 0 Å². The van der Waals surface area contributed by atoms with Gasteiger partial charge in [0.05, 0.1) is 17.8 Å². The normalized spacial score (nSPS) is 10.2. The van der Waals surface area contributed by atoms with Gasteiger partial charge >= 0.3 is 0 Å². The number of thioether (sulfide) groups is 1. The van der Waals surface area contributed by atoms with Crippen LogP contribution >= 0.6 is 11.8 Å². The number of non-ortho nitro benzene ring substituents is 1. The molecule has 0 heterocycles. The molecule has 0 spiro atoms. The standard InChI is InChI=1S/C22H19N3O5S/c1-30-19-10-2-15(3-11-19)22(27)24-17-6-12-20(13-7-17)31-14-21(26)23-16-4-8-18(9-5-16)25(28)29/h2-13H,14H2,1H3,(H,23,26)(H,24,27). The highest BCUT2D eigenvalue weighted by molar-refractivity contribution is 8.00. The number of hydrogen-bond acceptors (Lipinski definition) is 6. The van der Waals surface area contributed by atoms with Crippen molar-refractivity contribution in [3.63, 3.8) is 0 Å². The average Bonchev–Trinajstić information content (AvgIpc) is 2.79. The van der Waals surface area contributed by atoms with Gasteiger partial charge in [-0.1, -0.05) is 0 Å². The summed E-state index contributed by atoms with van der Waals surface area (Å²) in [4.78, 5) is 35.4. The zero-order valence-corrected chi connectivity index (χ0v) is 17.3. The summed E-state index contributed by atoms with van der Waals surface area (Å²) in [6.07, 6.45) is 0. The summed E-state index contributed by atoms with van der Waals surface area (Å²) >= 11 is 1.34. The van der Waals surface area contributed by atoms with E-state index in [1.165, 1.54) is 36.0 Å². The van der Waals surface area contributed by atoms with Gasteiger partial charge in [0.25, 0.3) is 11.6 Å². The largest absolute Gasteiger partial charge is 0.497 e. The van der Waals surface area contributed by atoms with Crippen LogP contribution in [0.2, 0.25) is 0 Å². The molecule has 0 saturated heterocycles. The smallest absolute Gasteiger partial charge is 0.269 e. The van der Waals surface area contributed by atoms with E-state index in [9.17, 15) is 19.7 Å². The highest BCUT2D eigenvalue weighted by Gasteiger charge is 2.09. The van der Waals surface area contributed by atoms with Crippen LogP contribution in [-0.2, 0) is 4.79 Å². The van der Waals surface area contributed by atoms with Gasteiger partial charge < -0.3 is 15.4 Å². The van der Waals surface area contributed by atoms with Gasteiger partial charge in [-0.3, -0.25) is 19.7 Å². The molecular formula is C22H19N3O5S. The Morgan fingerprint density at radius 2 is 1.48 bits per heavy atom. The minimum atomic E-state index is -0.495. The minimum Gasteiger partial charge on any atom is -0.497 e. The van der Waals surface area contributed by atoms with Crippen molar-refractivity contribution in [2.24, 2.45) is 0 Å². The Morgan fingerprint density at radius 3 is 2.06 bits per heavy atom. The molecule has 8 nitrogen and oxygen atoms in total. The average molecular weight is 437 g/mol. The van der Waals surface area contributed by atoms with Crippen molar-refractivity contribution in [3.05, 3.63) is 88.5 Å². The van der Waals surface area contributed by atoms with Gasteiger partial charge in [0.15, 0.2) is 0 Å². The summed E-state index contributed by atoms with van der Waals surface area (Å²) < 4.78 is 5.08. The molecule has 31 heavy (non-hydrogen) atoms. The Kier molecular flexibility index (Phi) is 7.23. The number of nitrogens with zero attached hydrogens (tertiary/aromatic N) is 1. The third-order valence-corrected chi connectivity index (χ3v) is 5.21. The lowest BCUT2D eigenvalue weighted by Gasteiger charge is -2.08. The van der Waals surface area contributed by atoms with Gasteiger partial charge in [-0.15, -0.1) is 11.8 Å². The van der Waals surface area contributed by atoms with E-state index in [0.29, 0.717) is 22.7 Å². The number of ether oxygens (including phenoxy) is 1. The molecule has 0 aromatic heterocycles. The quantitative estimate of drug-likeness (QED) is 0.303. The maximum atomic E-state index is 12.3. The van der Waals surface area contributed by atoms with Gasteiger partial charge in [0.2, 0.25) is 5.91 Å². The first-order chi connectivity index (χ1) is 14.9. The molecule has 3 rings (SSSR count). The van der Waals surface area contributed by atoms with Crippen molar-refractivity contribution < 1.29 is 19.2 Å². The lowest BCUT2D eigenvalue weighted by Crippen LogP contribution is -2.14. The maximum Gasteiger partial charge on any atom is 0.269 e. The van der Waals surface area contributed by atoms with E-state index >= 15 is 0 Å². The zero-order chi connectivity index (χ0) is 22.2. The molecule has 0 aliphatic rings. The first-order valence-corrected chi connectivity index (χ1v) is 10.2. The number of anilines is 2. The third kappa shape index (κ3) is 6.31. The number of carbonyl (C=O) groups is 2. The van der Waals surface area contributed by atoms with Crippen LogP contribution < -0.4 is 15.4 Å². The highest BCUT2D eigenvalue weighted by Crippen LogP contribution is 2.22. The number of nitro groups is 1. The predicted octanol–water partition coefficient (Wildman–Crippen LogP) is 4.59. The van der Waals surface area contributed by atoms with Crippen LogP contribution in [0.15, 0.2) is 77.7 Å². The lowest BCUT2D eigenvalue weighted by molar-refractivity contribution is -0.384. The molecule has 0 radical (unpaired) electrons. The van der Waals surface area contributed by atoms with Crippen LogP contribution in [0.5, 0.6) is 5.75 Å². The first kappa shape index (κ1) is 21.8. The SMILES string of the molecule is COc1ccc(C(=O)Nc2ccc(SCC(=O)Nc3ccc([N+](=O)[O-])cc3)cc2)cc1. The second-order valence-corrected chi connectivity index (χ2v) is 7.40. The molecule has 2 N–H and O–H groups in total. The second-order valence-electron chi connectivity index (χ2n) is 6.35. The summed E-state index contributed by atoms with van der Waals surface area (Å²) in [5, 5.41) is 16.2. The predicted molar refractivity (Wildman–Crippen MR) is 120 cm³/mol. The van der Waals surface area contributed by atoms with Gasteiger partial charge in [0, 0.05) is 34.0 Å². The number of nitrogens with one attached hydrogen (secondary N) is 2. The molecule has 0 aliphatic heterocycles. The van der Waals surface area contributed by atoms with E-state index in [4.69, 9.17) is 4.74 Å². The number of hydrogen-bond donors (Lipinski definition) is 2. The number of benzene rings is 3. The van der Waals surface area contributed by atoms with Crippen LogP contribution in [0.4, 0.5) is 17.1 Å². The van der Waals surface area contributed by atoms with Crippen molar-refractivity contribution in [2.45, 2.75) is 4.90 Å². The maximum absolute atomic E-state index is 12.3. The van der Waals surface area contributed by atoms with Gasteiger partial charge in [-0.05, 0) is 60.7 Å². The molecule has 0 unspecified atom stereocenters. The molecule has 3 aromatic rings. The minimum absolute atomic E-state index is 0.0356. The molecular weight excluding hydrogens is 418 g/mol. The number of amides is 2. The second kappa shape index (κ2) is 10.3. The van der Waals surface area contributed by atoms with Crippen LogP contribution in [0.3, 0.4) is 0 Å². The molecule has 0 saturated carbocycles. The van der Waals surface area contributed by atoms with Gasteiger partial charge in [-0.25, -0.2) is 0 Å². The summed E-state index contributed by atoms with van der Waals surface area (Å²) in [5.41, 5.74) is 1.61. The fourth-order valence-corrected chi connectivity index (χ4v) is 3.29. The molecule has 158 valence electrons. The summed E-state index contributed by atoms with van der Waals surface area (Å²) in [6.45, 7) is 0. The van der Waals surface area contributed by atoms with Crippen LogP contribution in [0.25, 0.3) is 0 Å². The lowest BCUT2D eigenvalue weighted by atomic mass is 10.2. The van der Waals surface area contributed by atoms with Crippen molar-refractivity contribution in [2.75, 3.05) is 23.5 Å². The molecule has 0 fully saturated rings. The fourth-order valence-electron chi connectivity index (χ4n) is 2.59. The number of nitro benzene ring substituents is 1. The summed E-state index contributed by atoms with van der Waals surface area (Å²) in [6, 6.07) is 19.6. The Balaban J connectivity index is 1.48. The van der Waals surface area contributed by atoms with Crippen LogP contribution in [-0.4, -0.2) is 29.6 Å². The Hall–Kier alpha value is -3.85. The van der Waals surface area contributed by atoms with E-state index in [0.717, 1.165) is 4.90 Å². The summed E-state index contributed by atoms with van der Waals surface area (Å²) in [5.74, 6) is 0.394. The molecule has 2 amide bonds. The van der Waals surface area contributed by atoms with Crippen LogP contribution in [0.1, 0.15) is 10.4 Å². The van der Waals surface area contributed by atoms with E-state index in [-0.39, 0.29) is 23.3 Å². The van der Waals surface area contributed by atoms with E-state index < -0.39 is 4.92 Å². The first-order valence-electron chi connectivity index (χ1n) is 9.17. The Morgan fingerprint density at radius 1 is 0.903 bits per heavy atom. The number of methoxy groups -OCH3 is 1. The van der Waals surface area contributed by atoms with Gasteiger partial charge in [0.1, 0.15) is 5.75 Å².